The third-order valence-electron chi connectivity index (χ3n) is 5.02. The number of rotatable bonds is 2. The van der Waals surface area contributed by atoms with E-state index in [1.54, 1.807) is 12.8 Å². The molecule has 85 valence electrons. The van der Waals surface area contributed by atoms with Crippen LogP contribution in [0.15, 0.2) is 0 Å². The molecule has 2 aliphatic carbocycles. The Morgan fingerprint density at radius 1 is 0.867 bits per heavy atom. The van der Waals surface area contributed by atoms with Crippen LogP contribution in [0.5, 0.6) is 0 Å². The summed E-state index contributed by atoms with van der Waals surface area (Å²) < 4.78 is 0. The maximum atomic E-state index is 2.78. The van der Waals surface area contributed by atoms with Gasteiger partial charge < -0.3 is 4.90 Å². The van der Waals surface area contributed by atoms with E-state index < -0.39 is 0 Å². The van der Waals surface area contributed by atoms with Crippen LogP contribution >= 0.6 is 0 Å². The van der Waals surface area contributed by atoms with E-state index in [1.807, 2.05) is 0 Å². The molecule has 2 unspecified atom stereocenters. The van der Waals surface area contributed by atoms with Gasteiger partial charge in [0.1, 0.15) is 0 Å². The Bertz CT molecular complexity index is 203. The molecule has 3 fully saturated rings. The Morgan fingerprint density at radius 3 is 2.33 bits per heavy atom. The van der Waals surface area contributed by atoms with Crippen molar-refractivity contribution in [2.75, 3.05) is 13.1 Å². The van der Waals surface area contributed by atoms with E-state index >= 15 is 0 Å². The largest absolute Gasteiger partial charge is 0.300 e. The first-order valence-electron chi connectivity index (χ1n) is 6.99. The number of nitrogens with zero attached hydrogens (tertiary/aromatic N) is 1. The van der Waals surface area contributed by atoms with Gasteiger partial charge in [0.25, 0.3) is 0 Å². The Kier molecular flexibility index (Phi) is 3.01. The highest BCUT2D eigenvalue weighted by molar-refractivity contribution is 4.91. The highest BCUT2D eigenvalue weighted by Crippen LogP contribution is 2.43. The molecule has 1 radical (unpaired) electrons. The molecule has 0 spiro atoms. The molecule has 3 aliphatic rings. The normalized spacial score (nSPS) is 39.2. The van der Waals surface area contributed by atoms with Gasteiger partial charge in [0.05, 0.1) is 0 Å². The lowest BCUT2D eigenvalue weighted by molar-refractivity contribution is 0.159. The highest BCUT2D eigenvalue weighted by Gasteiger charge is 2.36. The zero-order valence-corrected chi connectivity index (χ0v) is 9.83. The summed E-state index contributed by atoms with van der Waals surface area (Å²) in [6.07, 6.45) is 14.3. The second-order valence-corrected chi connectivity index (χ2v) is 5.82. The summed E-state index contributed by atoms with van der Waals surface area (Å²) >= 11 is 0. The lowest BCUT2D eigenvalue weighted by atomic mass is 9.75. The molecule has 0 aromatic carbocycles. The van der Waals surface area contributed by atoms with Crippen molar-refractivity contribution in [2.45, 2.75) is 57.4 Å². The quantitative estimate of drug-likeness (QED) is 0.670. The summed E-state index contributed by atoms with van der Waals surface area (Å²) in [6, 6.07) is 0.962. The summed E-state index contributed by atoms with van der Waals surface area (Å²) in [5.74, 6) is 2.24. The molecule has 0 aromatic heterocycles. The molecule has 0 amide bonds. The van der Waals surface area contributed by atoms with Crippen LogP contribution in [0.2, 0.25) is 0 Å². The molecule has 15 heavy (non-hydrogen) atoms. The third-order valence-corrected chi connectivity index (χ3v) is 5.02. The van der Waals surface area contributed by atoms with Crippen LogP contribution in [0.1, 0.15) is 51.4 Å². The van der Waals surface area contributed by atoms with Gasteiger partial charge in [0, 0.05) is 6.04 Å². The minimum absolute atomic E-state index is 0.962. The van der Waals surface area contributed by atoms with Crippen LogP contribution in [0.25, 0.3) is 0 Å². The molecule has 0 aromatic rings. The maximum absolute atomic E-state index is 2.78. The van der Waals surface area contributed by atoms with Crippen LogP contribution in [-0.4, -0.2) is 24.0 Å². The van der Waals surface area contributed by atoms with Gasteiger partial charge in [0.15, 0.2) is 0 Å². The van der Waals surface area contributed by atoms with E-state index in [4.69, 9.17) is 0 Å². The molecule has 3 rings (SSSR count). The van der Waals surface area contributed by atoms with Crippen molar-refractivity contribution in [1.29, 1.82) is 0 Å². The zero-order chi connectivity index (χ0) is 10.1. The fourth-order valence-electron chi connectivity index (χ4n) is 3.80. The molecule has 0 bridgehead atoms. The lowest BCUT2D eigenvalue weighted by Gasteiger charge is -2.34. The molecule has 2 saturated carbocycles. The van der Waals surface area contributed by atoms with E-state index in [1.165, 1.54) is 51.6 Å². The average Bonchev–Trinajstić information content (AvgIpc) is 2.66. The Hall–Kier alpha value is -0.0400. The molecular weight excluding hydrogens is 182 g/mol. The number of likely N-dealkylation sites (tertiary alicyclic amines) is 1. The minimum atomic E-state index is 0.962. The van der Waals surface area contributed by atoms with Gasteiger partial charge in [-0.2, -0.15) is 0 Å². The van der Waals surface area contributed by atoms with Gasteiger partial charge in [-0.15, -0.1) is 0 Å². The van der Waals surface area contributed by atoms with Crippen LogP contribution in [0, 0.1) is 18.3 Å². The Balaban J connectivity index is 1.51. The Labute approximate surface area is 94.2 Å². The monoisotopic (exact) mass is 206 g/mol. The van der Waals surface area contributed by atoms with Crippen molar-refractivity contribution >= 4 is 0 Å². The van der Waals surface area contributed by atoms with Crippen molar-refractivity contribution in [1.82, 2.24) is 4.90 Å². The first-order chi connectivity index (χ1) is 7.43. The summed E-state index contributed by atoms with van der Waals surface area (Å²) in [4.78, 5) is 2.78. The van der Waals surface area contributed by atoms with Gasteiger partial charge in [0.2, 0.25) is 0 Å². The van der Waals surface area contributed by atoms with Gasteiger partial charge in [-0.25, -0.2) is 0 Å². The maximum Gasteiger partial charge on any atom is 0.00981 e. The predicted octanol–water partition coefficient (Wildman–Crippen LogP) is 3.26. The minimum Gasteiger partial charge on any atom is -0.300 e. The van der Waals surface area contributed by atoms with Crippen molar-refractivity contribution < 1.29 is 0 Å². The van der Waals surface area contributed by atoms with Gasteiger partial charge in [-0.3, -0.25) is 0 Å². The Morgan fingerprint density at radius 2 is 1.67 bits per heavy atom. The third kappa shape index (κ3) is 2.08. The molecule has 1 heteroatoms. The number of hydrogen-bond donors (Lipinski definition) is 0. The summed E-state index contributed by atoms with van der Waals surface area (Å²) in [6.45, 7) is 2.70. The molecule has 1 saturated heterocycles. The smallest absolute Gasteiger partial charge is 0.00981 e. The molecule has 1 nitrogen and oxygen atoms in total. The highest BCUT2D eigenvalue weighted by atomic mass is 15.2. The second kappa shape index (κ2) is 4.45. The van der Waals surface area contributed by atoms with Crippen molar-refractivity contribution in [3.05, 3.63) is 6.42 Å². The molecule has 1 heterocycles. The van der Waals surface area contributed by atoms with Gasteiger partial charge in [-0.05, 0) is 63.5 Å². The van der Waals surface area contributed by atoms with Gasteiger partial charge in [-0.1, -0.05) is 19.3 Å². The number of hydrogen-bond acceptors (Lipinski definition) is 1. The zero-order valence-electron chi connectivity index (χ0n) is 9.83. The molecule has 1 aliphatic heterocycles. The van der Waals surface area contributed by atoms with E-state index in [0.717, 1.165) is 17.9 Å². The van der Waals surface area contributed by atoms with E-state index in [-0.39, 0.29) is 0 Å². The van der Waals surface area contributed by atoms with E-state index in [2.05, 4.69) is 11.3 Å². The molecule has 0 N–H and O–H groups in total. The fourth-order valence-corrected chi connectivity index (χ4v) is 3.80. The summed E-state index contributed by atoms with van der Waals surface area (Å²) in [7, 11) is 0. The van der Waals surface area contributed by atoms with Crippen LogP contribution < -0.4 is 0 Å². The van der Waals surface area contributed by atoms with Crippen LogP contribution in [0.4, 0.5) is 0 Å². The standard InChI is InChI=1S/C14H24N/c1-2-9-15(10-3-1)14-8-7-13(11-14)12-5-4-6-12/h1,12-14H,2-11H2. The SMILES string of the molecule is [CH]1CCN(C2CCC(C3CCC3)C2)CC1. The van der Waals surface area contributed by atoms with Crippen LogP contribution in [0.3, 0.4) is 0 Å². The van der Waals surface area contributed by atoms with Crippen molar-refractivity contribution in [3.63, 3.8) is 0 Å². The van der Waals surface area contributed by atoms with Crippen molar-refractivity contribution in [3.8, 4) is 0 Å². The number of piperidine rings is 1. The fraction of sp³-hybridized carbons (Fsp3) is 0.929. The van der Waals surface area contributed by atoms with Crippen molar-refractivity contribution in [2.24, 2.45) is 11.8 Å². The van der Waals surface area contributed by atoms with Crippen LogP contribution in [-0.2, 0) is 0 Å². The van der Waals surface area contributed by atoms with E-state index in [0.29, 0.717) is 0 Å². The summed E-state index contributed by atoms with van der Waals surface area (Å²) in [5, 5.41) is 0. The first kappa shape index (κ1) is 10.1. The topological polar surface area (TPSA) is 3.24 Å². The molecular formula is C14H24N. The summed E-state index contributed by atoms with van der Waals surface area (Å²) in [5.41, 5.74) is 0. The predicted molar refractivity (Wildman–Crippen MR) is 63.6 cm³/mol. The first-order valence-corrected chi connectivity index (χ1v) is 6.99. The second-order valence-electron chi connectivity index (χ2n) is 5.82. The van der Waals surface area contributed by atoms with Gasteiger partial charge >= 0.3 is 0 Å². The average molecular weight is 206 g/mol. The lowest BCUT2D eigenvalue weighted by Crippen LogP contribution is -2.38. The molecule has 2 atom stereocenters. The van der Waals surface area contributed by atoms with E-state index in [9.17, 15) is 0 Å².